The summed E-state index contributed by atoms with van der Waals surface area (Å²) in [5.41, 5.74) is 0.939. The van der Waals surface area contributed by atoms with Gasteiger partial charge in [-0.05, 0) is 55.2 Å². The monoisotopic (exact) mass is 374 g/mol. The van der Waals surface area contributed by atoms with Crippen molar-refractivity contribution < 1.29 is 9.53 Å². The summed E-state index contributed by atoms with van der Waals surface area (Å²) >= 11 is 5.36. The van der Waals surface area contributed by atoms with Gasteiger partial charge in [0.2, 0.25) is 5.91 Å². The van der Waals surface area contributed by atoms with Crippen molar-refractivity contribution in [3.05, 3.63) is 29.0 Å². The van der Waals surface area contributed by atoms with Gasteiger partial charge in [0.1, 0.15) is 5.75 Å². The zero-order valence-electron chi connectivity index (χ0n) is 15.4. The molecule has 0 radical (unpaired) electrons. The molecule has 1 aliphatic heterocycles. The second-order valence-corrected chi connectivity index (χ2v) is 7.13. The van der Waals surface area contributed by atoms with E-state index in [1.807, 2.05) is 33.7 Å². The molecular weight excluding hydrogens is 348 g/mol. The molecule has 1 unspecified atom stereocenters. The van der Waals surface area contributed by atoms with Crippen LogP contribution in [0.15, 0.2) is 24.3 Å². The van der Waals surface area contributed by atoms with Crippen LogP contribution in [-0.2, 0) is 11.3 Å². The minimum Gasteiger partial charge on any atom is -0.497 e. The molecule has 1 N–H and O–H groups in total. The van der Waals surface area contributed by atoms with Crippen molar-refractivity contribution in [2.24, 2.45) is 5.92 Å². The minimum absolute atomic E-state index is 0.201. The van der Waals surface area contributed by atoms with Crippen LogP contribution in [0.4, 0.5) is 0 Å². The molecule has 0 aliphatic carbocycles. The van der Waals surface area contributed by atoms with E-state index in [0.29, 0.717) is 23.7 Å². The summed E-state index contributed by atoms with van der Waals surface area (Å²) in [6.45, 7) is 4.49. The number of H-pyrrole nitrogens is 1. The fraction of sp³-hybridized carbons (Fsp3) is 0.526. The van der Waals surface area contributed by atoms with E-state index in [1.165, 1.54) is 6.42 Å². The van der Waals surface area contributed by atoms with E-state index in [0.717, 1.165) is 43.1 Å². The van der Waals surface area contributed by atoms with Crippen LogP contribution in [0.25, 0.3) is 11.4 Å². The number of rotatable bonds is 6. The fourth-order valence-electron chi connectivity index (χ4n) is 3.48. The summed E-state index contributed by atoms with van der Waals surface area (Å²) in [5.74, 6) is 2.38. The molecule has 1 aromatic heterocycles. The number of hydrogen-bond donors (Lipinski definition) is 1. The van der Waals surface area contributed by atoms with Crippen molar-refractivity contribution in [2.45, 2.75) is 39.2 Å². The fourth-order valence-corrected chi connectivity index (χ4v) is 3.70. The van der Waals surface area contributed by atoms with Crippen molar-refractivity contribution in [2.75, 3.05) is 20.2 Å². The third-order valence-corrected chi connectivity index (χ3v) is 5.42. The molecule has 7 heteroatoms. The summed E-state index contributed by atoms with van der Waals surface area (Å²) in [5, 5.41) is 7.18. The number of methoxy groups -OCH3 is 1. The number of hydrogen-bond acceptors (Lipinski definition) is 4. The summed E-state index contributed by atoms with van der Waals surface area (Å²) in [6, 6.07) is 7.67. The zero-order chi connectivity index (χ0) is 18.5. The Morgan fingerprint density at radius 1 is 1.38 bits per heavy atom. The predicted molar refractivity (Wildman–Crippen MR) is 104 cm³/mol. The van der Waals surface area contributed by atoms with Crippen molar-refractivity contribution in [3.8, 4) is 17.1 Å². The van der Waals surface area contributed by atoms with E-state index in [-0.39, 0.29) is 5.91 Å². The van der Waals surface area contributed by atoms with Gasteiger partial charge in [-0.1, -0.05) is 13.3 Å². The van der Waals surface area contributed by atoms with Crippen LogP contribution < -0.4 is 4.74 Å². The average Bonchev–Trinajstić information content (AvgIpc) is 3.06. The molecule has 0 bridgehead atoms. The largest absolute Gasteiger partial charge is 0.497 e. The smallest absolute Gasteiger partial charge is 0.224 e. The third-order valence-electron chi connectivity index (χ3n) is 5.10. The van der Waals surface area contributed by atoms with Crippen molar-refractivity contribution >= 4 is 18.1 Å². The SMILES string of the molecule is CCC1CCCN(C(=O)CCn2c(-c3ccc(OC)cc3)n[nH]c2=S)C1. The van der Waals surface area contributed by atoms with E-state index in [4.69, 9.17) is 17.0 Å². The van der Waals surface area contributed by atoms with E-state index in [1.54, 1.807) is 7.11 Å². The molecule has 0 spiro atoms. The predicted octanol–water partition coefficient (Wildman–Crippen LogP) is 3.65. The number of carbonyl (C=O) groups excluding carboxylic acids is 1. The maximum atomic E-state index is 12.6. The van der Waals surface area contributed by atoms with Crippen LogP contribution in [0.3, 0.4) is 0 Å². The minimum atomic E-state index is 0.201. The quantitative estimate of drug-likeness (QED) is 0.784. The highest BCUT2D eigenvalue weighted by Crippen LogP contribution is 2.22. The lowest BCUT2D eigenvalue weighted by atomic mass is 9.95. The lowest BCUT2D eigenvalue weighted by Crippen LogP contribution is -2.40. The molecule has 26 heavy (non-hydrogen) atoms. The van der Waals surface area contributed by atoms with Crippen LogP contribution in [0.1, 0.15) is 32.6 Å². The summed E-state index contributed by atoms with van der Waals surface area (Å²) in [6.07, 6.45) is 3.91. The molecule has 1 aliphatic rings. The second kappa shape index (κ2) is 8.49. The summed E-state index contributed by atoms with van der Waals surface area (Å²) < 4.78 is 7.63. The number of benzene rings is 1. The number of amides is 1. The summed E-state index contributed by atoms with van der Waals surface area (Å²) in [4.78, 5) is 14.6. The molecule has 1 aromatic carbocycles. The molecular formula is C19H26N4O2S. The zero-order valence-corrected chi connectivity index (χ0v) is 16.2. The van der Waals surface area contributed by atoms with Gasteiger partial charge < -0.3 is 9.64 Å². The topological polar surface area (TPSA) is 63.1 Å². The lowest BCUT2D eigenvalue weighted by molar-refractivity contribution is -0.133. The van der Waals surface area contributed by atoms with Gasteiger partial charge in [-0.15, -0.1) is 0 Å². The van der Waals surface area contributed by atoms with Crippen molar-refractivity contribution in [3.63, 3.8) is 0 Å². The van der Waals surface area contributed by atoms with Gasteiger partial charge in [0, 0.05) is 31.6 Å². The van der Waals surface area contributed by atoms with Gasteiger partial charge in [-0.2, -0.15) is 5.10 Å². The Hall–Kier alpha value is -2.15. The molecule has 3 rings (SSSR count). The van der Waals surface area contributed by atoms with Crippen LogP contribution >= 0.6 is 12.2 Å². The maximum Gasteiger partial charge on any atom is 0.224 e. The first-order valence-corrected chi connectivity index (χ1v) is 9.60. The van der Waals surface area contributed by atoms with E-state index >= 15 is 0 Å². The lowest BCUT2D eigenvalue weighted by Gasteiger charge is -2.32. The Kier molecular flexibility index (Phi) is 6.08. The van der Waals surface area contributed by atoms with E-state index < -0.39 is 0 Å². The molecule has 0 saturated carbocycles. The Morgan fingerprint density at radius 3 is 2.85 bits per heavy atom. The van der Waals surface area contributed by atoms with E-state index in [2.05, 4.69) is 17.1 Å². The second-order valence-electron chi connectivity index (χ2n) is 6.74. The van der Waals surface area contributed by atoms with Crippen molar-refractivity contribution in [1.29, 1.82) is 0 Å². The summed E-state index contributed by atoms with van der Waals surface area (Å²) in [7, 11) is 1.64. The van der Waals surface area contributed by atoms with Crippen molar-refractivity contribution in [1.82, 2.24) is 19.7 Å². The first kappa shape index (κ1) is 18.6. The first-order valence-electron chi connectivity index (χ1n) is 9.19. The molecule has 1 fully saturated rings. The molecule has 1 amide bonds. The maximum absolute atomic E-state index is 12.6. The first-order chi connectivity index (χ1) is 12.6. The number of piperidine rings is 1. The Labute approximate surface area is 159 Å². The number of aromatic amines is 1. The van der Waals surface area contributed by atoms with Gasteiger partial charge >= 0.3 is 0 Å². The number of likely N-dealkylation sites (tertiary alicyclic amines) is 1. The van der Waals surface area contributed by atoms with Crippen LogP contribution in [-0.4, -0.2) is 45.8 Å². The average molecular weight is 375 g/mol. The van der Waals surface area contributed by atoms with Gasteiger partial charge in [0.05, 0.1) is 7.11 Å². The Bertz CT molecular complexity index is 797. The highest BCUT2D eigenvalue weighted by Gasteiger charge is 2.22. The van der Waals surface area contributed by atoms with Gasteiger partial charge in [0.15, 0.2) is 10.6 Å². The molecule has 2 aromatic rings. The van der Waals surface area contributed by atoms with Gasteiger partial charge in [-0.25, -0.2) is 0 Å². The third kappa shape index (κ3) is 4.15. The standard InChI is InChI=1S/C19H26N4O2S/c1-3-14-5-4-11-22(13-14)17(24)10-12-23-18(20-21-19(23)26)15-6-8-16(25-2)9-7-15/h6-9,14H,3-5,10-13H2,1-2H3,(H,21,26). The van der Waals surface area contributed by atoms with E-state index in [9.17, 15) is 4.79 Å². The molecule has 1 saturated heterocycles. The number of carbonyl (C=O) groups is 1. The Morgan fingerprint density at radius 2 is 2.15 bits per heavy atom. The number of nitrogens with zero attached hydrogens (tertiary/aromatic N) is 3. The van der Waals surface area contributed by atoms with Gasteiger partial charge in [-0.3, -0.25) is 14.5 Å². The number of aromatic nitrogens is 3. The molecule has 6 nitrogen and oxygen atoms in total. The highest BCUT2D eigenvalue weighted by molar-refractivity contribution is 7.71. The highest BCUT2D eigenvalue weighted by atomic mass is 32.1. The number of ether oxygens (including phenoxy) is 1. The van der Waals surface area contributed by atoms with Gasteiger partial charge in [0.25, 0.3) is 0 Å². The van der Waals surface area contributed by atoms with Crippen LogP contribution in [0.2, 0.25) is 0 Å². The van der Waals surface area contributed by atoms with Crippen LogP contribution in [0, 0.1) is 10.7 Å². The normalized spacial score (nSPS) is 17.3. The van der Waals surface area contributed by atoms with Crippen LogP contribution in [0.5, 0.6) is 5.75 Å². The number of nitrogens with one attached hydrogen (secondary N) is 1. The Balaban J connectivity index is 1.69. The molecule has 1 atom stereocenters. The molecule has 2 heterocycles. The molecule has 140 valence electrons.